The van der Waals surface area contributed by atoms with Gasteiger partial charge in [0.05, 0.1) is 18.2 Å². The smallest absolute Gasteiger partial charge is 0.337 e. The Balaban J connectivity index is 2.60. The van der Waals surface area contributed by atoms with Crippen LogP contribution in [0, 0.1) is 5.82 Å². The number of halogens is 2. The maximum atomic E-state index is 13.7. The largest absolute Gasteiger partial charge is 0.465 e. The topological polar surface area (TPSA) is 42.1 Å². The normalized spacial score (nSPS) is 10.8. The number of ether oxygens (including phenoxy) is 1. The van der Waals surface area contributed by atoms with Gasteiger partial charge in [0.1, 0.15) is 5.82 Å². The number of carbonyl (C=O) groups excluding carboxylic acids is 1. The Morgan fingerprint density at radius 2 is 2.29 bits per heavy atom. The van der Waals surface area contributed by atoms with Crippen LogP contribution in [-0.2, 0) is 11.2 Å². The average Bonchev–Trinajstić information content (AvgIpc) is 2.72. The van der Waals surface area contributed by atoms with Gasteiger partial charge >= 0.3 is 5.97 Å². The monoisotopic (exact) mass is 299 g/mol. The van der Waals surface area contributed by atoms with Gasteiger partial charge in [-0.2, -0.15) is 0 Å². The summed E-state index contributed by atoms with van der Waals surface area (Å²) in [6, 6.07) is 2.83. The molecular weight excluding hydrogens is 289 g/mol. The molecule has 0 atom stereocenters. The summed E-state index contributed by atoms with van der Waals surface area (Å²) in [5.74, 6) is -0.972. The lowest BCUT2D eigenvalue weighted by molar-refractivity contribution is 0.0600. The summed E-state index contributed by atoms with van der Waals surface area (Å²) in [5, 5.41) is 1.51. The van der Waals surface area contributed by atoms with Gasteiger partial charge in [0.2, 0.25) is 0 Å². The van der Waals surface area contributed by atoms with Gasteiger partial charge in [-0.05, 0) is 24.1 Å². The molecule has 1 N–H and O–H groups in total. The minimum Gasteiger partial charge on any atom is -0.465 e. The van der Waals surface area contributed by atoms with Gasteiger partial charge in [-0.25, -0.2) is 9.18 Å². The van der Waals surface area contributed by atoms with E-state index in [1.165, 1.54) is 13.2 Å². The lowest BCUT2D eigenvalue weighted by Crippen LogP contribution is -2.02. The Morgan fingerprint density at radius 3 is 2.94 bits per heavy atom. The highest BCUT2D eigenvalue weighted by molar-refractivity contribution is 9.09. The maximum absolute atomic E-state index is 13.7. The number of hydrogen-bond donors (Lipinski definition) is 1. The number of benzene rings is 1. The first-order valence-electron chi connectivity index (χ1n) is 5.11. The average molecular weight is 300 g/mol. The van der Waals surface area contributed by atoms with Crippen LogP contribution in [-0.4, -0.2) is 23.4 Å². The maximum Gasteiger partial charge on any atom is 0.337 e. The lowest BCUT2D eigenvalue weighted by atomic mass is 10.1. The van der Waals surface area contributed by atoms with Crippen molar-refractivity contribution in [2.45, 2.75) is 6.42 Å². The molecule has 2 rings (SSSR count). The number of fused-ring (bicyclic) bond motifs is 1. The van der Waals surface area contributed by atoms with Crippen molar-refractivity contribution in [1.82, 2.24) is 4.98 Å². The highest BCUT2D eigenvalue weighted by Crippen LogP contribution is 2.24. The summed E-state index contributed by atoms with van der Waals surface area (Å²) in [4.78, 5) is 14.3. The third-order valence-electron chi connectivity index (χ3n) is 2.61. The van der Waals surface area contributed by atoms with E-state index in [1.807, 2.05) is 0 Å². The van der Waals surface area contributed by atoms with Gasteiger partial charge in [0, 0.05) is 16.9 Å². The van der Waals surface area contributed by atoms with E-state index in [-0.39, 0.29) is 5.56 Å². The third kappa shape index (κ3) is 2.20. The van der Waals surface area contributed by atoms with Crippen molar-refractivity contribution in [2.75, 3.05) is 12.4 Å². The number of methoxy groups -OCH3 is 1. The number of esters is 1. The van der Waals surface area contributed by atoms with Crippen molar-refractivity contribution in [1.29, 1.82) is 0 Å². The van der Waals surface area contributed by atoms with Gasteiger partial charge < -0.3 is 9.72 Å². The van der Waals surface area contributed by atoms with Crippen LogP contribution < -0.4 is 0 Å². The number of aromatic amines is 1. The molecule has 0 spiro atoms. The number of rotatable bonds is 3. The second-order valence-electron chi connectivity index (χ2n) is 3.63. The molecule has 0 aliphatic heterocycles. The Morgan fingerprint density at radius 1 is 1.53 bits per heavy atom. The van der Waals surface area contributed by atoms with Gasteiger partial charge in [0.25, 0.3) is 0 Å². The van der Waals surface area contributed by atoms with Crippen LogP contribution in [0.2, 0.25) is 0 Å². The summed E-state index contributed by atoms with van der Waals surface area (Å²) in [6.07, 6.45) is 2.53. The number of carbonyl (C=O) groups is 1. The molecule has 0 saturated heterocycles. The van der Waals surface area contributed by atoms with E-state index >= 15 is 0 Å². The molecule has 0 unspecified atom stereocenters. The van der Waals surface area contributed by atoms with Crippen molar-refractivity contribution in [2.24, 2.45) is 0 Å². The number of alkyl halides is 1. The molecule has 1 aromatic carbocycles. The highest BCUT2D eigenvalue weighted by atomic mass is 79.9. The molecule has 0 aliphatic rings. The fraction of sp³-hybridized carbons (Fsp3) is 0.250. The van der Waals surface area contributed by atoms with Crippen LogP contribution in [0.5, 0.6) is 0 Å². The van der Waals surface area contributed by atoms with E-state index in [9.17, 15) is 9.18 Å². The van der Waals surface area contributed by atoms with Crippen molar-refractivity contribution < 1.29 is 13.9 Å². The predicted molar refractivity (Wildman–Crippen MR) is 67.1 cm³/mol. The number of aromatic nitrogens is 1. The number of nitrogens with one attached hydrogen (secondary N) is 1. The number of hydrogen-bond acceptors (Lipinski definition) is 2. The standard InChI is InChI=1S/C12H11BrFNO2/c1-17-12(16)8-4-9-7(2-3-13)6-15-11(9)10(14)5-8/h4-6,15H,2-3H2,1H3. The van der Waals surface area contributed by atoms with E-state index in [2.05, 4.69) is 25.7 Å². The van der Waals surface area contributed by atoms with Crippen molar-refractivity contribution >= 4 is 32.8 Å². The van der Waals surface area contributed by atoms with Crippen LogP contribution >= 0.6 is 15.9 Å². The minimum atomic E-state index is -0.531. The summed E-state index contributed by atoms with van der Waals surface area (Å²) in [7, 11) is 1.28. The Kier molecular flexibility index (Phi) is 3.47. The molecule has 1 heterocycles. The van der Waals surface area contributed by atoms with Crippen LogP contribution in [0.1, 0.15) is 15.9 Å². The fourth-order valence-corrected chi connectivity index (χ4v) is 2.22. The number of aryl methyl sites for hydroxylation is 1. The summed E-state index contributed by atoms with van der Waals surface area (Å²) < 4.78 is 18.3. The van der Waals surface area contributed by atoms with Gasteiger partial charge in [-0.1, -0.05) is 15.9 Å². The zero-order valence-electron chi connectivity index (χ0n) is 9.22. The predicted octanol–water partition coefficient (Wildman–Crippen LogP) is 3.03. The summed E-state index contributed by atoms with van der Waals surface area (Å²) in [5.41, 5.74) is 1.63. The minimum absolute atomic E-state index is 0.230. The molecule has 0 radical (unpaired) electrons. The first kappa shape index (κ1) is 12.1. The molecule has 0 saturated carbocycles. The zero-order valence-corrected chi connectivity index (χ0v) is 10.8. The van der Waals surface area contributed by atoms with Crippen LogP contribution in [0.4, 0.5) is 4.39 Å². The Hall–Kier alpha value is -1.36. The van der Waals surface area contributed by atoms with Gasteiger partial charge in [0.15, 0.2) is 0 Å². The molecular formula is C12H11BrFNO2. The van der Waals surface area contributed by atoms with Crippen LogP contribution in [0.3, 0.4) is 0 Å². The van der Waals surface area contributed by atoms with Crippen LogP contribution in [0.25, 0.3) is 10.9 Å². The lowest BCUT2D eigenvalue weighted by Gasteiger charge is -2.02. The molecule has 0 aliphatic carbocycles. The molecule has 0 amide bonds. The number of H-pyrrole nitrogens is 1. The molecule has 3 nitrogen and oxygen atoms in total. The van der Waals surface area contributed by atoms with Crippen molar-refractivity contribution in [3.8, 4) is 0 Å². The molecule has 2 aromatic rings. The Labute approximate surface area is 106 Å². The van der Waals surface area contributed by atoms with Crippen LogP contribution in [0.15, 0.2) is 18.3 Å². The molecule has 0 bridgehead atoms. The molecule has 0 fully saturated rings. The molecule has 90 valence electrons. The second-order valence-corrected chi connectivity index (χ2v) is 4.42. The van der Waals surface area contributed by atoms with E-state index in [1.54, 1.807) is 12.3 Å². The van der Waals surface area contributed by atoms with E-state index in [4.69, 9.17) is 0 Å². The molecule has 1 aromatic heterocycles. The van der Waals surface area contributed by atoms with Crippen molar-refractivity contribution in [3.05, 3.63) is 35.3 Å². The first-order valence-corrected chi connectivity index (χ1v) is 6.23. The van der Waals surface area contributed by atoms with E-state index in [0.29, 0.717) is 5.52 Å². The zero-order chi connectivity index (χ0) is 12.4. The molecule has 5 heteroatoms. The van der Waals surface area contributed by atoms with E-state index in [0.717, 1.165) is 22.7 Å². The first-order chi connectivity index (χ1) is 8.17. The highest BCUT2D eigenvalue weighted by Gasteiger charge is 2.13. The van der Waals surface area contributed by atoms with E-state index < -0.39 is 11.8 Å². The SMILES string of the molecule is COC(=O)c1cc(F)c2[nH]cc(CCBr)c2c1. The summed E-state index contributed by atoms with van der Waals surface area (Å²) in [6.45, 7) is 0. The Bertz CT molecular complexity index is 565. The van der Waals surface area contributed by atoms with Crippen molar-refractivity contribution in [3.63, 3.8) is 0 Å². The van der Waals surface area contributed by atoms with Gasteiger partial charge in [-0.3, -0.25) is 0 Å². The quantitative estimate of drug-likeness (QED) is 0.699. The fourth-order valence-electron chi connectivity index (χ4n) is 1.79. The second kappa shape index (κ2) is 4.87. The van der Waals surface area contributed by atoms with Gasteiger partial charge in [-0.15, -0.1) is 0 Å². The third-order valence-corrected chi connectivity index (χ3v) is 3.01. The summed E-state index contributed by atoms with van der Waals surface area (Å²) >= 11 is 3.34. The molecule has 17 heavy (non-hydrogen) atoms.